The van der Waals surface area contributed by atoms with E-state index in [9.17, 15) is 10.1 Å². The predicted molar refractivity (Wildman–Crippen MR) is 81.8 cm³/mol. The summed E-state index contributed by atoms with van der Waals surface area (Å²) in [6, 6.07) is 5.55. The fourth-order valence-corrected chi connectivity index (χ4v) is 2.72. The molecule has 3 rings (SSSR count). The van der Waals surface area contributed by atoms with E-state index >= 15 is 0 Å². The Morgan fingerprint density at radius 2 is 1.95 bits per heavy atom. The highest BCUT2D eigenvalue weighted by molar-refractivity contribution is 5.97. The highest BCUT2D eigenvalue weighted by Gasteiger charge is 2.24. The summed E-state index contributed by atoms with van der Waals surface area (Å²) in [5, 5.41) is 10.0. The Hall–Kier alpha value is -2.68. The minimum atomic E-state index is -0.653. The molecule has 22 heavy (non-hydrogen) atoms. The average molecular weight is 300 g/mol. The Morgan fingerprint density at radius 3 is 2.64 bits per heavy atom. The summed E-state index contributed by atoms with van der Waals surface area (Å²) in [6.45, 7) is 6.17. The normalized spacial score (nSPS) is 13.0. The number of ether oxygens (including phenoxy) is 2. The minimum Gasteiger partial charge on any atom is -0.486 e. The van der Waals surface area contributed by atoms with Crippen LogP contribution in [-0.4, -0.2) is 26.3 Å². The number of hydrogen-bond donors (Lipinski definition) is 0. The summed E-state index contributed by atoms with van der Waals surface area (Å²) < 4.78 is 16.5. The molecule has 6 heteroatoms. The molecule has 1 aromatic carbocycles. The zero-order chi connectivity index (χ0) is 15.7. The summed E-state index contributed by atoms with van der Waals surface area (Å²) >= 11 is 0. The molecular weight excluding hydrogens is 284 g/mol. The molecule has 0 fully saturated rings. The first-order valence-corrected chi connectivity index (χ1v) is 7.25. The molecule has 0 radical (unpaired) electrons. The van der Waals surface area contributed by atoms with Gasteiger partial charge in [0.1, 0.15) is 19.3 Å². The van der Waals surface area contributed by atoms with E-state index in [2.05, 4.69) is 0 Å². The van der Waals surface area contributed by atoms with Crippen molar-refractivity contribution in [3.05, 3.63) is 28.1 Å². The first-order chi connectivity index (χ1) is 10.7. The molecule has 2 aromatic rings. The average Bonchev–Trinajstić information content (AvgIpc) is 2.55. The molecule has 0 spiro atoms. The van der Waals surface area contributed by atoms with Crippen LogP contribution in [0.3, 0.4) is 0 Å². The number of nitriles is 1. The van der Waals surface area contributed by atoms with Crippen LogP contribution < -0.4 is 20.0 Å². The third-order valence-corrected chi connectivity index (χ3v) is 3.75. The van der Waals surface area contributed by atoms with Crippen molar-refractivity contribution < 1.29 is 13.9 Å². The van der Waals surface area contributed by atoms with Crippen molar-refractivity contribution in [1.82, 2.24) is 0 Å². The maximum Gasteiger partial charge on any atom is 0.356 e. The van der Waals surface area contributed by atoms with Crippen molar-refractivity contribution in [1.29, 1.82) is 5.26 Å². The zero-order valence-corrected chi connectivity index (χ0v) is 12.5. The largest absolute Gasteiger partial charge is 0.486 e. The quantitative estimate of drug-likeness (QED) is 0.809. The van der Waals surface area contributed by atoms with Crippen LogP contribution in [0, 0.1) is 11.3 Å². The van der Waals surface area contributed by atoms with Gasteiger partial charge in [0.2, 0.25) is 5.75 Å². The highest BCUT2D eigenvalue weighted by Crippen LogP contribution is 2.41. The van der Waals surface area contributed by atoms with E-state index in [4.69, 9.17) is 13.9 Å². The molecule has 2 heterocycles. The van der Waals surface area contributed by atoms with Gasteiger partial charge in [-0.1, -0.05) is 0 Å². The zero-order valence-electron chi connectivity index (χ0n) is 12.5. The number of rotatable bonds is 3. The SMILES string of the molecule is CCN(CC)c1c(C#N)c(=O)oc2c3c(ccc12)OCCO3. The summed E-state index contributed by atoms with van der Waals surface area (Å²) in [5.41, 5.74) is 0.297. The van der Waals surface area contributed by atoms with Gasteiger partial charge in [-0.3, -0.25) is 0 Å². The van der Waals surface area contributed by atoms with Gasteiger partial charge < -0.3 is 18.8 Å². The van der Waals surface area contributed by atoms with Gasteiger partial charge in [0.15, 0.2) is 16.9 Å². The molecular formula is C16H16N2O4. The lowest BCUT2D eigenvalue weighted by Gasteiger charge is -2.25. The monoisotopic (exact) mass is 300 g/mol. The third kappa shape index (κ3) is 2.06. The number of hydrogen-bond acceptors (Lipinski definition) is 6. The molecule has 1 aromatic heterocycles. The van der Waals surface area contributed by atoms with Gasteiger partial charge in [0.05, 0.1) is 5.69 Å². The molecule has 0 saturated heterocycles. The van der Waals surface area contributed by atoms with E-state index in [1.165, 1.54) is 0 Å². The molecule has 0 saturated carbocycles. The number of anilines is 1. The summed E-state index contributed by atoms with van der Waals surface area (Å²) in [7, 11) is 0. The molecule has 6 nitrogen and oxygen atoms in total. The molecule has 0 aliphatic carbocycles. The molecule has 0 bridgehead atoms. The van der Waals surface area contributed by atoms with E-state index in [1.807, 2.05) is 24.8 Å². The van der Waals surface area contributed by atoms with Gasteiger partial charge in [0.25, 0.3) is 0 Å². The van der Waals surface area contributed by atoms with Crippen LogP contribution in [-0.2, 0) is 0 Å². The molecule has 1 aliphatic heterocycles. The molecule has 114 valence electrons. The predicted octanol–water partition coefficient (Wildman–Crippen LogP) is 2.28. The summed E-state index contributed by atoms with van der Waals surface area (Å²) in [6.07, 6.45) is 0. The first-order valence-electron chi connectivity index (χ1n) is 7.25. The number of nitrogens with zero attached hydrogens (tertiary/aromatic N) is 2. The lowest BCUT2D eigenvalue weighted by Crippen LogP contribution is -2.26. The highest BCUT2D eigenvalue weighted by atomic mass is 16.6. The van der Waals surface area contributed by atoms with Gasteiger partial charge >= 0.3 is 5.63 Å². The molecule has 0 atom stereocenters. The molecule has 0 amide bonds. The fourth-order valence-electron chi connectivity index (χ4n) is 2.72. The van der Waals surface area contributed by atoms with E-state index in [0.29, 0.717) is 54.5 Å². The van der Waals surface area contributed by atoms with Crippen LogP contribution in [0.25, 0.3) is 11.0 Å². The Balaban J connectivity index is 2.41. The Kier molecular flexibility index (Phi) is 3.63. The molecule has 0 N–H and O–H groups in total. The maximum absolute atomic E-state index is 12.2. The number of benzene rings is 1. The van der Waals surface area contributed by atoms with Gasteiger partial charge in [-0.2, -0.15) is 5.26 Å². The fraction of sp³-hybridized carbons (Fsp3) is 0.375. The van der Waals surface area contributed by atoms with Crippen LogP contribution >= 0.6 is 0 Å². The van der Waals surface area contributed by atoms with Crippen LogP contribution in [0.1, 0.15) is 19.4 Å². The lowest BCUT2D eigenvalue weighted by atomic mass is 10.1. The smallest absolute Gasteiger partial charge is 0.356 e. The maximum atomic E-state index is 12.2. The van der Waals surface area contributed by atoms with Crippen molar-refractivity contribution in [2.24, 2.45) is 0 Å². The second kappa shape index (κ2) is 5.60. The van der Waals surface area contributed by atoms with E-state index in [1.54, 1.807) is 12.1 Å². The third-order valence-electron chi connectivity index (χ3n) is 3.75. The molecule has 0 unspecified atom stereocenters. The van der Waals surface area contributed by atoms with Gasteiger partial charge in [-0.05, 0) is 26.0 Å². The molecule has 1 aliphatic rings. The van der Waals surface area contributed by atoms with Crippen molar-refractivity contribution in [3.8, 4) is 17.6 Å². The van der Waals surface area contributed by atoms with Crippen LogP contribution in [0.15, 0.2) is 21.3 Å². The Morgan fingerprint density at radius 1 is 1.23 bits per heavy atom. The van der Waals surface area contributed by atoms with Crippen LogP contribution in [0.4, 0.5) is 5.69 Å². The summed E-state index contributed by atoms with van der Waals surface area (Å²) in [4.78, 5) is 14.2. The van der Waals surface area contributed by atoms with Crippen LogP contribution in [0.5, 0.6) is 11.5 Å². The van der Waals surface area contributed by atoms with Crippen molar-refractivity contribution in [2.45, 2.75) is 13.8 Å². The van der Waals surface area contributed by atoms with E-state index < -0.39 is 5.63 Å². The van der Waals surface area contributed by atoms with E-state index in [-0.39, 0.29) is 5.56 Å². The second-order valence-electron chi connectivity index (χ2n) is 4.86. The second-order valence-corrected chi connectivity index (χ2v) is 4.86. The topological polar surface area (TPSA) is 75.7 Å². The van der Waals surface area contributed by atoms with Crippen molar-refractivity contribution in [2.75, 3.05) is 31.2 Å². The standard InChI is InChI=1S/C16H16N2O4/c1-3-18(4-2)13-10-5-6-12-15(21-8-7-20-12)14(10)22-16(19)11(13)9-17/h5-6H,3-4,7-8H2,1-2H3. The van der Waals surface area contributed by atoms with E-state index in [0.717, 1.165) is 0 Å². The van der Waals surface area contributed by atoms with Gasteiger partial charge in [-0.25, -0.2) is 4.79 Å². The summed E-state index contributed by atoms with van der Waals surface area (Å²) in [5.74, 6) is 0.982. The number of fused-ring (bicyclic) bond motifs is 3. The Labute approximate surface area is 127 Å². The first kappa shape index (κ1) is 14.3. The Bertz CT molecular complexity index is 815. The van der Waals surface area contributed by atoms with Gasteiger partial charge in [0, 0.05) is 18.5 Å². The van der Waals surface area contributed by atoms with Gasteiger partial charge in [-0.15, -0.1) is 0 Å². The van der Waals surface area contributed by atoms with Crippen molar-refractivity contribution in [3.63, 3.8) is 0 Å². The van der Waals surface area contributed by atoms with Crippen LogP contribution in [0.2, 0.25) is 0 Å². The lowest BCUT2D eigenvalue weighted by molar-refractivity contribution is 0.171. The minimum absolute atomic E-state index is 0.0212. The van der Waals surface area contributed by atoms with Crippen molar-refractivity contribution >= 4 is 16.7 Å².